The number of thiocarbonyl (C=S) groups is 1. The van der Waals surface area contributed by atoms with Crippen molar-refractivity contribution < 1.29 is 14.3 Å². The van der Waals surface area contributed by atoms with Crippen LogP contribution in [0, 0.1) is 6.92 Å². The Bertz CT molecular complexity index is 1130. The largest absolute Gasteiger partial charge is 0.489 e. The molecule has 3 aromatic rings. The number of ether oxygens (including phenoxy) is 1. The van der Waals surface area contributed by atoms with Gasteiger partial charge in [-0.3, -0.25) is 20.4 Å². The average molecular weight is 468 g/mol. The monoisotopic (exact) mass is 467 g/mol. The summed E-state index contributed by atoms with van der Waals surface area (Å²) in [6.45, 7) is 3.80. The molecule has 0 aliphatic carbocycles. The van der Waals surface area contributed by atoms with Crippen LogP contribution in [0.5, 0.6) is 5.75 Å². The number of anilines is 1. The quantitative estimate of drug-likeness (QED) is 0.267. The van der Waals surface area contributed by atoms with E-state index in [0.29, 0.717) is 28.4 Å². The van der Waals surface area contributed by atoms with Gasteiger partial charge in [0.2, 0.25) is 0 Å². The summed E-state index contributed by atoms with van der Waals surface area (Å²) in [5.41, 5.74) is 8.85. The molecule has 32 heavy (non-hydrogen) atoms. The highest BCUT2D eigenvalue weighted by Gasteiger charge is 2.07. The summed E-state index contributed by atoms with van der Waals surface area (Å²) in [7, 11) is 0. The van der Waals surface area contributed by atoms with E-state index in [1.165, 1.54) is 6.92 Å². The van der Waals surface area contributed by atoms with Crippen molar-refractivity contribution in [1.82, 2.24) is 10.9 Å². The maximum Gasteiger partial charge on any atom is 0.269 e. The number of halogens is 1. The van der Waals surface area contributed by atoms with E-state index in [-0.39, 0.29) is 16.8 Å². The minimum Gasteiger partial charge on any atom is -0.489 e. The van der Waals surface area contributed by atoms with Crippen molar-refractivity contribution in [1.29, 1.82) is 0 Å². The van der Waals surface area contributed by atoms with E-state index in [0.717, 1.165) is 16.9 Å². The molecule has 0 aliphatic rings. The molecular formula is C24H22ClN3O3S. The Morgan fingerprint density at radius 2 is 1.59 bits per heavy atom. The minimum atomic E-state index is -0.332. The van der Waals surface area contributed by atoms with Crippen molar-refractivity contribution in [2.75, 3.05) is 5.32 Å². The fourth-order valence-electron chi connectivity index (χ4n) is 2.76. The summed E-state index contributed by atoms with van der Waals surface area (Å²) in [4.78, 5) is 23.7. The van der Waals surface area contributed by atoms with Crippen LogP contribution >= 0.6 is 23.8 Å². The molecule has 0 aromatic heterocycles. The number of carbonyl (C=O) groups is 2. The second-order valence-corrected chi connectivity index (χ2v) is 7.88. The molecule has 1 amide bonds. The van der Waals surface area contributed by atoms with Gasteiger partial charge in [-0.15, -0.1) is 0 Å². The molecular weight excluding hydrogens is 446 g/mol. The summed E-state index contributed by atoms with van der Waals surface area (Å²) in [5, 5.41) is 3.85. The molecule has 0 atom stereocenters. The number of hydrazine groups is 1. The Hall–Kier alpha value is -3.42. The van der Waals surface area contributed by atoms with Crippen molar-refractivity contribution >= 4 is 46.3 Å². The van der Waals surface area contributed by atoms with Crippen LogP contribution in [-0.2, 0) is 6.61 Å². The molecule has 3 rings (SSSR count). The van der Waals surface area contributed by atoms with Crippen LogP contribution in [-0.4, -0.2) is 16.8 Å². The molecule has 0 spiro atoms. The van der Waals surface area contributed by atoms with Crippen LogP contribution < -0.4 is 20.9 Å². The minimum absolute atomic E-state index is 0.0119. The Morgan fingerprint density at radius 1 is 0.938 bits per heavy atom. The van der Waals surface area contributed by atoms with Crippen LogP contribution in [0.1, 0.15) is 38.8 Å². The molecule has 0 aliphatic heterocycles. The van der Waals surface area contributed by atoms with Gasteiger partial charge in [0, 0.05) is 21.8 Å². The zero-order valence-electron chi connectivity index (χ0n) is 17.6. The van der Waals surface area contributed by atoms with E-state index in [2.05, 4.69) is 16.2 Å². The number of hydrogen-bond donors (Lipinski definition) is 3. The van der Waals surface area contributed by atoms with Gasteiger partial charge in [-0.1, -0.05) is 23.7 Å². The zero-order chi connectivity index (χ0) is 23.1. The molecule has 3 aromatic carbocycles. The summed E-state index contributed by atoms with van der Waals surface area (Å²) >= 11 is 11.2. The molecule has 0 bridgehead atoms. The van der Waals surface area contributed by atoms with Crippen LogP contribution in [0.15, 0.2) is 66.7 Å². The van der Waals surface area contributed by atoms with Crippen LogP contribution in [0.25, 0.3) is 0 Å². The van der Waals surface area contributed by atoms with E-state index >= 15 is 0 Å². The van der Waals surface area contributed by atoms with Crippen molar-refractivity contribution in [3.05, 3.63) is 94.0 Å². The van der Waals surface area contributed by atoms with Crippen molar-refractivity contribution in [3.63, 3.8) is 0 Å². The number of ketones is 1. The number of nitrogens with one attached hydrogen (secondary N) is 3. The predicted molar refractivity (Wildman–Crippen MR) is 130 cm³/mol. The van der Waals surface area contributed by atoms with Crippen molar-refractivity contribution in [3.8, 4) is 5.75 Å². The second-order valence-electron chi connectivity index (χ2n) is 7.06. The third-order valence-corrected chi connectivity index (χ3v) is 5.22. The van der Waals surface area contributed by atoms with Crippen LogP contribution in [0.3, 0.4) is 0 Å². The van der Waals surface area contributed by atoms with Gasteiger partial charge in [-0.25, -0.2) is 0 Å². The molecule has 3 N–H and O–H groups in total. The molecule has 0 unspecified atom stereocenters. The van der Waals surface area contributed by atoms with Gasteiger partial charge in [0.25, 0.3) is 5.91 Å². The number of rotatable bonds is 6. The summed E-state index contributed by atoms with van der Waals surface area (Å²) < 4.78 is 5.77. The summed E-state index contributed by atoms with van der Waals surface area (Å²) in [6, 6.07) is 19.4. The predicted octanol–water partition coefficient (Wildman–Crippen LogP) is 5.06. The Labute approximate surface area is 196 Å². The molecule has 8 heteroatoms. The average Bonchev–Trinajstić information content (AvgIpc) is 2.79. The first kappa shape index (κ1) is 23.2. The Kier molecular flexibility index (Phi) is 7.81. The third-order valence-electron chi connectivity index (χ3n) is 4.59. The van der Waals surface area contributed by atoms with E-state index < -0.39 is 0 Å². The number of benzene rings is 3. The second kappa shape index (κ2) is 10.7. The lowest BCUT2D eigenvalue weighted by Gasteiger charge is -2.12. The van der Waals surface area contributed by atoms with Crippen LogP contribution in [0.4, 0.5) is 5.69 Å². The van der Waals surface area contributed by atoms with Gasteiger partial charge < -0.3 is 10.1 Å². The first-order chi connectivity index (χ1) is 15.3. The lowest BCUT2D eigenvalue weighted by Crippen LogP contribution is -2.43. The topological polar surface area (TPSA) is 79.5 Å². The Balaban J connectivity index is 1.47. The Morgan fingerprint density at radius 3 is 2.22 bits per heavy atom. The smallest absolute Gasteiger partial charge is 0.269 e. The third kappa shape index (κ3) is 6.54. The highest BCUT2D eigenvalue weighted by Crippen LogP contribution is 2.22. The van der Waals surface area contributed by atoms with E-state index in [1.807, 2.05) is 31.2 Å². The lowest BCUT2D eigenvalue weighted by atomic mass is 10.1. The van der Waals surface area contributed by atoms with Gasteiger partial charge in [0.15, 0.2) is 10.9 Å². The molecule has 0 heterocycles. The number of carbonyl (C=O) groups excluding carboxylic acids is 2. The van der Waals surface area contributed by atoms with E-state index in [9.17, 15) is 9.59 Å². The maximum absolute atomic E-state index is 12.3. The fraction of sp³-hybridized carbons (Fsp3) is 0.125. The number of aryl methyl sites for hydroxylation is 1. The highest BCUT2D eigenvalue weighted by molar-refractivity contribution is 7.80. The molecule has 0 radical (unpaired) electrons. The normalized spacial score (nSPS) is 10.2. The molecule has 6 nitrogen and oxygen atoms in total. The number of hydrogen-bond acceptors (Lipinski definition) is 4. The molecule has 0 fully saturated rings. The van der Waals surface area contributed by atoms with E-state index in [4.69, 9.17) is 28.6 Å². The SMILES string of the molecule is CC(=O)c1ccc(NC(=S)NNC(=O)c2ccc(COc3ccc(Cl)c(C)c3)cc2)cc1. The van der Waals surface area contributed by atoms with Gasteiger partial charge in [-0.2, -0.15) is 0 Å². The van der Waals surface area contributed by atoms with E-state index in [1.54, 1.807) is 42.5 Å². The standard InChI is InChI=1S/C24H22ClN3O3S/c1-15-13-21(11-12-22(15)25)31-14-17-3-5-19(6-4-17)23(30)27-28-24(32)26-20-9-7-18(8-10-20)16(2)29/h3-13H,14H2,1-2H3,(H,27,30)(H2,26,28,32). The number of Topliss-reactive ketones (excluding diaryl/α,β-unsaturated/α-hetero) is 1. The molecule has 164 valence electrons. The zero-order valence-corrected chi connectivity index (χ0v) is 19.1. The molecule has 0 saturated carbocycles. The van der Waals surface area contributed by atoms with Crippen LogP contribution in [0.2, 0.25) is 5.02 Å². The van der Waals surface area contributed by atoms with Gasteiger partial charge in [0.05, 0.1) is 0 Å². The first-order valence-corrected chi connectivity index (χ1v) is 10.6. The number of amides is 1. The van der Waals surface area contributed by atoms with Crippen molar-refractivity contribution in [2.24, 2.45) is 0 Å². The van der Waals surface area contributed by atoms with Gasteiger partial charge >= 0.3 is 0 Å². The van der Waals surface area contributed by atoms with Gasteiger partial charge in [0.1, 0.15) is 12.4 Å². The first-order valence-electron chi connectivity index (χ1n) is 9.78. The van der Waals surface area contributed by atoms with Crippen molar-refractivity contribution in [2.45, 2.75) is 20.5 Å². The maximum atomic E-state index is 12.3. The fourth-order valence-corrected chi connectivity index (χ4v) is 3.05. The highest BCUT2D eigenvalue weighted by atomic mass is 35.5. The lowest BCUT2D eigenvalue weighted by molar-refractivity contribution is 0.0943. The van der Waals surface area contributed by atoms with Gasteiger partial charge in [-0.05, 0) is 91.8 Å². The summed E-state index contributed by atoms with van der Waals surface area (Å²) in [6.07, 6.45) is 0. The molecule has 0 saturated heterocycles. The summed E-state index contributed by atoms with van der Waals surface area (Å²) in [5.74, 6) is 0.388.